The lowest BCUT2D eigenvalue weighted by Crippen LogP contribution is -2.34. The Morgan fingerprint density at radius 2 is 1.81 bits per heavy atom. The van der Waals surface area contributed by atoms with Crippen molar-refractivity contribution >= 4 is 11.9 Å². The second kappa shape index (κ2) is 8.88. The van der Waals surface area contributed by atoms with Gasteiger partial charge in [-0.3, -0.25) is 9.48 Å². The second-order valence-electron chi connectivity index (χ2n) is 8.36. The number of nitrogens with one attached hydrogen (secondary N) is 1. The summed E-state index contributed by atoms with van der Waals surface area (Å²) in [4.78, 5) is 25.4. The average Bonchev–Trinajstić information content (AvgIpc) is 3.53. The smallest absolute Gasteiger partial charge is 0.270 e. The van der Waals surface area contributed by atoms with Gasteiger partial charge in [-0.05, 0) is 50.2 Å². The quantitative estimate of drug-likeness (QED) is 0.667. The standard InChI is InChI=1S/C24H28N6O/c31-23(26-21(17-30-16-8-13-25-30)18-9-2-1-3-10-18)22-19-11-4-5-12-20(19)27-24(28-22)29-14-6-7-15-29/h1-3,8-10,13,16,21H,4-7,11-12,14-15,17H2,(H,26,31)/t21-/m0/s1. The number of nitrogens with zero attached hydrogens (tertiary/aromatic N) is 5. The molecule has 0 spiro atoms. The van der Waals surface area contributed by atoms with E-state index in [0.29, 0.717) is 18.2 Å². The second-order valence-corrected chi connectivity index (χ2v) is 8.36. The normalized spacial score (nSPS) is 16.7. The molecule has 2 aliphatic rings. The highest BCUT2D eigenvalue weighted by Crippen LogP contribution is 2.27. The Hall–Kier alpha value is -3.22. The highest BCUT2D eigenvalue weighted by molar-refractivity contribution is 5.94. The third-order valence-corrected chi connectivity index (χ3v) is 6.21. The molecule has 3 aromatic rings. The zero-order valence-electron chi connectivity index (χ0n) is 17.7. The molecule has 5 rings (SSSR count). The average molecular weight is 417 g/mol. The Morgan fingerprint density at radius 1 is 1.00 bits per heavy atom. The van der Waals surface area contributed by atoms with E-state index in [2.05, 4.69) is 15.3 Å². The zero-order valence-corrected chi connectivity index (χ0v) is 17.7. The molecule has 1 aliphatic carbocycles. The number of carbonyl (C=O) groups excluding carboxylic acids is 1. The first-order valence-electron chi connectivity index (χ1n) is 11.3. The van der Waals surface area contributed by atoms with Crippen molar-refractivity contribution in [1.82, 2.24) is 25.1 Å². The number of aryl methyl sites for hydroxylation is 1. The van der Waals surface area contributed by atoms with Crippen LogP contribution in [0.2, 0.25) is 0 Å². The van der Waals surface area contributed by atoms with Crippen LogP contribution < -0.4 is 10.2 Å². The van der Waals surface area contributed by atoms with E-state index in [1.807, 2.05) is 47.3 Å². The van der Waals surface area contributed by atoms with Gasteiger partial charge in [0.25, 0.3) is 5.91 Å². The third-order valence-electron chi connectivity index (χ3n) is 6.21. The molecule has 1 aliphatic heterocycles. The molecule has 1 saturated heterocycles. The van der Waals surface area contributed by atoms with Crippen LogP contribution in [0, 0.1) is 0 Å². The third kappa shape index (κ3) is 4.31. The minimum absolute atomic E-state index is 0.123. The largest absolute Gasteiger partial charge is 0.342 e. The summed E-state index contributed by atoms with van der Waals surface area (Å²) >= 11 is 0. The van der Waals surface area contributed by atoms with Crippen LogP contribution in [-0.2, 0) is 19.4 Å². The Morgan fingerprint density at radius 3 is 2.58 bits per heavy atom. The molecule has 1 atom stereocenters. The maximum absolute atomic E-state index is 13.5. The van der Waals surface area contributed by atoms with Crippen molar-refractivity contribution in [2.24, 2.45) is 0 Å². The van der Waals surface area contributed by atoms with Crippen molar-refractivity contribution in [2.75, 3.05) is 18.0 Å². The summed E-state index contributed by atoms with van der Waals surface area (Å²) in [5.41, 5.74) is 3.68. The van der Waals surface area contributed by atoms with Crippen LogP contribution in [0.15, 0.2) is 48.8 Å². The fourth-order valence-electron chi connectivity index (χ4n) is 4.57. The SMILES string of the molecule is O=C(N[C@@H](Cn1cccn1)c1ccccc1)c1nc(N2CCCC2)nc2c1CCCC2. The van der Waals surface area contributed by atoms with E-state index in [4.69, 9.17) is 9.97 Å². The minimum Gasteiger partial charge on any atom is -0.342 e. The molecular weight excluding hydrogens is 388 g/mol. The van der Waals surface area contributed by atoms with Gasteiger partial charge in [0.15, 0.2) is 0 Å². The first-order valence-corrected chi connectivity index (χ1v) is 11.3. The first kappa shape index (κ1) is 19.7. The number of aromatic nitrogens is 4. The van der Waals surface area contributed by atoms with E-state index in [0.717, 1.165) is 68.4 Å². The van der Waals surface area contributed by atoms with Gasteiger partial charge < -0.3 is 10.2 Å². The summed E-state index contributed by atoms with van der Waals surface area (Å²) in [5.74, 6) is 0.591. The van der Waals surface area contributed by atoms with Crippen LogP contribution in [0.3, 0.4) is 0 Å². The number of anilines is 1. The number of amides is 1. The van der Waals surface area contributed by atoms with Crippen molar-refractivity contribution in [3.63, 3.8) is 0 Å². The predicted molar refractivity (Wildman–Crippen MR) is 119 cm³/mol. The summed E-state index contributed by atoms with van der Waals surface area (Å²) in [6.45, 7) is 2.49. The van der Waals surface area contributed by atoms with Gasteiger partial charge >= 0.3 is 0 Å². The molecule has 160 valence electrons. The first-order chi connectivity index (χ1) is 15.3. The monoisotopic (exact) mass is 416 g/mol. The summed E-state index contributed by atoms with van der Waals surface area (Å²) in [6.07, 6.45) is 9.98. The summed E-state index contributed by atoms with van der Waals surface area (Å²) in [7, 11) is 0. The number of hydrogen-bond acceptors (Lipinski definition) is 5. The van der Waals surface area contributed by atoms with Gasteiger partial charge in [0.2, 0.25) is 5.95 Å². The van der Waals surface area contributed by atoms with Crippen LogP contribution in [0.25, 0.3) is 0 Å². The van der Waals surface area contributed by atoms with E-state index >= 15 is 0 Å². The molecule has 1 amide bonds. The van der Waals surface area contributed by atoms with E-state index in [1.165, 1.54) is 0 Å². The number of fused-ring (bicyclic) bond motifs is 1. The van der Waals surface area contributed by atoms with Gasteiger partial charge in [-0.2, -0.15) is 5.10 Å². The molecule has 1 aromatic carbocycles. The van der Waals surface area contributed by atoms with Crippen molar-refractivity contribution < 1.29 is 4.79 Å². The van der Waals surface area contributed by atoms with Gasteiger partial charge in [-0.1, -0.05) is 30.3 Å². The molecule has 7 nitrogen and oxygen atoms in total. The van der Waals surface area contributed by atoms with Crippen LogP contribution >= 0.6 is 0 Å². The number of benzene rings is 1. The maximum atomic E-state index is 13.5. The highest BCUT2D eigenvalue weighted by atomic mass is 16.2. The van der Waals surface area contributed by atoms with Crippen LogP contribution in [0.4, 0.5) is 5.95 Å². The fraction of sp³-hybridized carbons (Fsp3) is 0.417. The molecule has 2 aromatic heterocycles. The van der Waals surface area contributed by atoms with Crippen molar-refractivity contribution in [3.05, 3.63) is 71.3 Å². The Balaban J connectivity index is 1.46. The van der Waals surface area contributed by atoms with Crippen molar-refractivity contribution in [1.29, 1.82) is 0 Å². The number of rotatable bonds is 6. The van der Waals surface area contributed by atoms with Gasteiger partial charge in [0, 0.05) is 36.7 Å². The number of hydrogen-bond donors (Lipinski definition) is 1. The van der Waals surface area contributed by atoms with Gasteiger partial charge in [-0.25, -0.2) is 9.97 Å². The van der Waals surface area contributed by atoms with E-state index in [1.54, 1.807) is 6.20 Å². The molecule has 0 bridgehead atoms. The Kier molecular flexibility index (Phi) is 5.65. The van der Waals surface area contributed by atoms with Gasteiger partial charge in [0.05, 0.1) is 12.6 Å². The van der Waals surface area contributed by atoms with Gasteiger partial charge in [-0.15, -0.1) is 0 Å². The van der Waals surface area contributed by atoms with Gasteiger partial charge in [0.1, 0.15) is 5.69 Å². The maximum Gasteiger partial charge on any atom is 0.270 e. The zero-order chi connectivity index (χ0) is 21.0. The molecule has 3 heterocycles. The van der Waals surface area contributed by atoms with Crippen LogP contribution in [-0.4, -0.2) is 38.7 Å². The molecule has 31 heavy (non-hydrogen) atoms. The van der Waals surface area contributed by atoms with E-state index in [9.17, 15) is 4.79 Å². The lowest BCUT2D eigenvalue weighted by Gasteiger charge is -2.24. The van der Waals surface area contributed by atoms with Crippen LogP contribution in [0.1, 0.15) is 59.0 Å². The Labute approximate surface area is 182 Å². The van der Waals surface area contributed by atoms with E-state index < -0.39 is 0 Å². The number of carbonyl (C=O) groups is 1. The molecular formula is C24H28N6O. The Bertz CT molecular complexity index is 1030. The molecule has 1 fully saturated rings. The molecule has 7 heteroatoms. The summed E-state index contributed by atoms with van der Waals surface area (Å²) in [6, 6.07) is 11.8. The van der Waals surface area contributed by atoms with Crippen molar-refractivity contribution in [3.8, 4) is 0 Å². The van der Waals surface area contributed by atoms with Crippen LogP contribution in [0.5, 0.6) is 0 Å². The lowest BCUT2D eigenvalue weighted by atomic mass is 9.94. The molecule has 0 saturated carbocycles. The lowest BCUT2D eigenvalue weighted by molar-refractivity contribution is 0.0925. The van der Waals surface area contributed by atoms with E-state index in [-0.39, 0.29) is 11.9 Å². The topological polar surface area (TPSA) is 75.9 Å². The van der Waals surface area contributed by atoms with Crippen molar-refractivity contribution in [2.45, 2.75) is 51.1 Å². The summed E-state index contributed by atoms with van der Waals surface area (Å²) < 4.78 is 1.85. The fourth-order valence-corrected chi connectivity index (χ4v) is 4.57. The molecule has 0 unspecified atom stereocenters. The summed E-state index contributed by atoms with van der Waals surface area (Å²) in [5, 5.41) is 7.58. The predicted octanol–water partition coefficient (Wildman–Crippen LogP) is 3.32. The highest BCUT2D eigenvalue weighted by Gasteiger charge is 2.27. The molecule has 1 N–H and O–H groups in total. The molecule has 0 radical (unpaired) electrons. The minimum atomic E-state index is -0.196.